The molecular formula is C26H23N3O4. The monoisotopic (exact) mass is 441 g/mol. The molecule has 0 unspecified atom stereocenters. The van der Waals surface area contributed by atoms with Gasteiger partial charge in [0, 0.05) is 29.3 Å². The topological polar surface area (TPSA) is 111 Å². The number of nitrogens with two attached hydrogens (primary N) is 1. The van der Waals surface area contributed by atoms with Gasteiger partial charge in [-0.05, 0) is 60.5 Å². The first kappa shape index (κ1) is 22.1. The summed E-state index contributed by atoms with van der Waals surface area (Å²) in [6.07, 6.45) is 3.45. The largest absolute Gasteiger partial charge is 0.489 e. The third-order valence-corrected chi connectivity index (χ3v) is 5.18. The number of carbonyl (C=O) groups is 1. The first-order valence-electron chi connectivity index (χ1n) is 10.6. The number of nitriles is 1. The van der Waals surface area contributed by atoms with Gasteiger partial charge in [0.15, 0.2) is 0 Å². The van der Waals surface area contributed by atoms with E-state index in [9.17, 15) is 10.1 Å². The summed E-state index contributed by atoms with van der Waals surface area (Å²) in [4.78, 5) is 16.3. The van der Waals surface area contributed by atoms with Crippen LogP contribution in [0.4, 0.5) is 0 Å². The van der Waals surface area contributed by atoms with Crippen molar-refractivity contribution in [3.05, 3.63) is 83.4 Å². The van der Waals surface area contributed by atoms with Crippen LogP contribution < -0.4 is 10.5 Å². The zero-order chi connectivity index (χ0) is 23.2. The Hall–Kier alpha value is -4.15. The summed E-state index contributed by atoms with van der Waals surface area (Å²) in [5.74, 6) is 0.132. The van der Waals surface area contributed by atoms with E-state index in [2.05, 4.69) is 11.1 Å². The van der Waals surface area contributed by atoms with Gasteiger partial charge < -0.3 is 19.6 Å². The quantitative estimate of drug-likeness (QED) is 0.400. The van der Waals surface area contributed by atoms with Gasteiger partial charge in [0.05, 0.1) is 36.6 Å². The molecule has 0 spiro atoms. The third-order valence-electron chi connectivity index (χ3n) is 5.18. The molecule has 4 rings (SSSR count). The number of pyridine rings is 1. The van der Waals surface area contributed by atoms with Crippen LogP contribution in [0.3, 0.4) is 0 Å². The highest BCUT2D eigenvalue weighted by Crippen LogP contribution is 2.32. The maximum absolute atomic E-state index is 12.0. The average Bonchev–Trinajstić information content (AvgIpc) is 3.31. The Bertz CT molecular complexity index is 1340. The van der Waals surface area contributed by atoms with Gasteiger partial charge in [-0.2, -0.15) is 5.26 Å². The van der Waals surface area contributed by atoms with E-state index < -0.39 is 0 Å². The second-order valence-corrected chi connectivity index (χ2v) is 7.43. The Morgan fingerprint density at radius 2 is 2.06 bits per heavy atom. The molecule has 33 heavy (non-hydrogen) atoms. The molecule has 2 aromatic carbocycles. The van der Waals surface area contributed by atoms with Gasteiger partial charge >= 0.3 is 5.97 Å². The number of ether oxygens (including phenoxy) is 2. The molecule has 7 nitrogen and oxygen atoms in total. The summed E-state index contributed by atoms with van der Waals surface area (Å²) >= 11 is 0. The Morgan fingerprint density at radius 3 is 2.85 bits per heavy atom. The molecule has 0 bridgehead atoms. The minimum atomic E-state index is -0.345. The van der Waals surface area contributed by atoms with Crippen molar-refractivity contribution in [2.24, 2.45) is 5.73 Å². The Balaban J connectivity index is 1.65. The predicted octanol–water partition coefficient (Wildman–Crippen LogP) is 4.51. The summed E-state index contributed by atoms with van der Waals surface area (Å²) in [5, 5.41) is 10.2. The number of benzene rings is 2. The van der Waals surface area contributed by atoms with E-state index in [1.807, 2.05) is 30.3 Å². The minimum Gasteiger partial charge on any atom is -0.489 e. The fraction of sp³-hybridized carbons (Fsp3) is 0.192. The van der Waals surface area contributed by atoms with Crippen LogP contribution >= 0.6 is 0 Å². The lowest BCUT2D eigenvalue weighted by Gasteiger charge is -2.13. The van der Waals surface area contributed by atoms with Crippen molar-refractivity contribution in [3.8, 4) is 22.9 Å². The highest BCUT2D eigenvalue weighted by atomic mass is 16.5. The van der Waals surface area contributed by atoms with E-state index in [-0.39, 0.29) is 19.0 Å². The van der Waals surface area contributed by atoms with E-state index in [1.54, 1.807) is 37.6 Å². The van der Waals surface area contributed by atoms with Crippen LogP contribution in [0, 0.1) is 11.3 Å². The summed E-state index contributed by atoms with van der Waals surface area (Å²) in [7, 11) is 0. The van der Waals surface area contributed by atoms with E-state index in [4.69, 9.17) is 19.6 Å². The van der Waals surface area contributed by atoms with Crippen molar-refractivity contribution in [3.63, 3.8) is 0 Å². The van der Waals surface area contributed by atoms with Crippen LogP contribution in [0.25, 0.3) is 22.1 Å². The van der Waals surface area contributed by atoms with Crippen molar-refractivity contribution >= 4 is 16.9 Å². The zero-order valence-corrected chi connectivity index (χ0v) is 18.2. The number of furan rings is 1. The molecule has 2 N–H and O–H groups in total. The maximum atomic E-state index is 12.0. The van der Waals surface area contributed by atoms with Crippen LogP contribution in [0.1, 0.15) is 29.3 Å². The normalized spacial score (nSPS) is 10.7. The zero-order valence-electron chi connectivity index (χ0n) is 18.2. The number of hydrogen-bond acceptors (Lipinski definition) is 7. The second kappa shape index (κ2) is 9.98. The number of rotatable bonds is 8. The van der Waals surface area contributed by atoms with Crippen LogP contribution in [-0.2, 0) is 29.1 Å². The smallest absolute Gasteiger partial charge is 0.310 e. The number of esters is 1. The van der Waals surface area contributed by atoms with Gasteiger partial charge in [0.2, 0.25) is 0 Å². The fourth-order valence-electron chi connectivity index (χ4n) is 3.63. The Labute approximate surface area is 191 Å². The standard InChI is InChI=1S/C26H23N3O4/c1-2-31-25(30)13-20-4-3-17(14-27)11-24(20)33-16-18-9-21-6-8-32-26(21)23(10-18)19-5-7-29-22(12-19)15-28/h3-12H,2,13,15-16,28H2,1H3. The van der Waals surface area contributed by atoms with Crippen LogP contribution in [0.5, 0.6) is 5.75 Å². The van der Waals surface area contributed by atoms with E-state index >= 15 is 0 Å². The van der Waals surface area contributed by atoms with Gasteiger partial charge in [-0.25, -0.2) is 0 Å². The fourth-order valence-corrected chi connectivity index (χ4v) is 3.63. The predicted molar refractivity (Wildman–Crippen MR) is 123 cm³/mol. The number of nitrogens with zero attached hydrogens (tertiary/aromatic N) is 2. The summed E-state index contributed by atoms with van der Waals surface area (Å²) in [5.41, 5.74) is 11.2. The molecule has 0 saturated heterocycles. The van der Waals surface area contributed by atoms with Crippen LogP contribution in [0.15, 0.2) is 65.4 Å². The van der Waals surface area contributed by atoms with Crippen molar-refractivity contribution < 1.29 is 18.7 Å². The number of fused-ring (bicyclic) bond motifs is 1. The molecule has 0 atom stereocenters. The van der Waals surface area contributed by atoms with Gasteiger partial charge in [0.1, 0.15) is 17.9 Å². The number of carbonyl (C=O) groups excluding carboxylic acids is 1. The molecule has 0 fully saturated rings. The van der Waals surface area contributed by atoms with Gasteiger partial charge in [0.25, 0.3) is 0 Å². The van der Waals surface area contributed by atoms with Gasteiger partial charge in [-0.3, -0.25) is 9.78 Å². The van der Waals surface area contributed by atoms with Gasteiger partial charge in [-0.1, -0.05) is 6.07 Å². The van der Waals surface area contributed by atoms with Crippen molar-refractivity contribution in [2.45, 2.75) is 26.5 Å². The molecule has 2 aromatic heterocycles. The van der Waals surface area contributed by atoms with Crippen molar-refractivity contribution in [2.75, 3.05) is 6.61 Å². The lowest BCUT2D eigenvalue weighted by molar-refractivity contribution is -0.142. The summed E-state index contributed by atoms with van der Waals surface area (Å²) < 4.78 is 16.9. The highest BCUT2D eigenvalue weighted by Gasteiger charge is 2.14. The molecule has 7 heteroatoms. The lowest BCUT2D eigenvalue weighted by Crippen LogP contribution is -2.09. The molecule has 0 radical (unpaired) electrons. The third kappa shape index (κ3) is 5.03. The first-order valence-corrected chi connectivity index (χ1v) is 10.6. The lowest BCUT2D eigenvalue weighted by atomic mass is 10.0. The molecule has 0 amide bonds. The average molecular weight is 441 g/mol. The molecule has 0 aliphatic heterocycles. The van der Waals surface area contributed by atoms with Crippen LogP contribution in [0.2, 0.25) is 0 Å². The number of aromatic nitrogens is 1. The molecule has 4 aromatic rings. The molecular weight excluding hydrogens is 418 g/mol. The van der Waals surface area contributed by atoms with E-state index in [0.717, 1.165) is 33.4 Å². The SMILES string of the molecule is CCOC(=O)Cc1ccc(C#N)cc1OCc1cc(-c2ccnc(CN)c2)c2occc2c1. The second-order valence-electron chi connectivity index (χ2n) is 7.43. The Kier molecular flexibility index (Phi) is 6.67. The van der Waals surface area contributed by atoms with Crippen LogP contribution in [-0.4, -0.2) is 17.6 Å². The van der Waals surface area contributed by atoms with E-state index in [0.29, 0.717) is 30.0 Å². The molecule has 166 valence electrons. The van der Waals surface area contributed by atoms with Crippen molar-refractivity contribution in [1.82, 2.24) is 4.98 Å². The number of hydrogen-bond donors (Lipinski definition) is 1. The summed E-state index contributed by atoms with van der Waals surface area (Å²) in [6.45, 7) is 2.65. The molecule has 0 aliphatic rings. The molecule has 2 heterocycles. The molecule has 0 aliphatic carbocycles. The summed E-state index contributed by atoms with van der Waals surface area (Å²) in [6, 6.07) is 16.9. The molecule has 0 saturated carbocycles. The Morgan fingerprint density at radius 1 is 1.18 bits per heavy atom. The minimum absolute atomic E-state index is 0.0692. The first-order chi connectivity index (χ1) is 16.1. The highest BCUT2D eigenvalue weighted by molar-refractivity contribution is 5.93. The van der Waals surface area contributed by atoms with E-state index in [1.165, 1.54) is 0 Å². The van der Waals surface area contributed by atoms with Crippen molar-refractivity contribution in [1.29, 1.82) is 5.26 Å². The van der Waals surface area contributed by atoms with Gasteiger partial charge in [-0.15, -0.1) is 0 Å². The maximum Gasteiger partial charge on any atom is 0.310 e.